The fourth-order valence-electron chi connectivity index (χ4n) is 3.10. The molecule has 1 aliphatic heterocycles. The van der Waals surface area contributed by atoms with E-state index < -0.39 is 0 Å². The molecule has 2 heterocycles. The molecule has 6 heteroatoms. The fourth-order valence-corrected chi connectivity index (χ4v) is 3.10. The highest BCUT2D eigenvalue weighted by molar-refractivity contribution is 5.77. The smallest absolute Gasteiger partial charge is 0.223 e. The maximum Gasteiger partial charge on any atom is 0.223 e. The van der Waals surface area contributed by atoms with Gasteiger partial charge in [0.15, 0.2) is 0 Å². The third kappa shape index (κ3) is 2.98. The van der Waals surface area contributed by atoms with Gasteiger partial charge < -0.3 is 15.2 Å². The normalized spacial score (nSPS) is 21.1. The minimum atomic E-state index is -0.219. The van der Waals surface area contributed by atoms with Crippen LogP contribution in [0.3, 0.4) is 0 Å². The molecule has 22 heavy (non-hydrogen) atoms. The molecule has 6 nitrogen and oxygen atoms in total. The van der Waals surface area contributed by atoms with Crippen molar-refractivity contribution in [3.05, 3.63) is 30.1 Å². The van der Waals surface area contributed by atoms with Crippen LogP contribution in [0.15, 0.2) is 24.3 Å². The van der Waals surface area contributed by atoms with Crippen LogP contribution < -0.4 is 5.73 Å². The summed E-state index contributed by atoms with van der Waals surface area (Å²) in [5.41, 5.74) is 7.68. The number of rotatable bonds is 3. The molecule has 1 aromatic heterocycles. The Bertz CT molecular complexity index is 680. The molecule has 0 unspecified atom stereocenters. The van der Waals surface area contributed by atoms with E-state index >= 15 is 0 Å². The first kappa shape index (κ1) is 15.0. The minimum absolute atomic E-state index is 0.123. The molecule has 1 aliphatic rings. The van der Waals surface area contributed by atoms with Gasteiger partial charge in [-0.15, -0.1) is 0 Å². The Morgan fingerprint density at radius 1 is 1.27 bits per heavy atom. The molecule has 3 rings (SSSR count). The molecule has 2 N–H and O–H groups in total. The zero-order valence-corrected chi connectivity index (χ0v) is 13.2. The Labute approximate surface area is 130 Å². The number of likely N-dealkylation sites (N-methyl/N-ethyl adjacent to an activating group) is 1. The first-order chi connectivity index (χ1) is 10.5. The number of nitrogens with zero attached hydrogens (tertiary/aromatic N) is 4. The molecular formula is C16H23N5O. The Hall–Kier alpha value is -1.92. The molecule has 0 aliphatic carbocycles. The lowest BCUT2D eigenvalue weighted by Crippen LogP contribution is -2.37. The summed E-state index contributed by atoms with van der Waals surface area (Å²) in [5, 5.41) is 0. The van der Waals surface area contributed by atoms with Crippen LogP contribution in [-0.4, -0.2) is 58.5 Å². The van der Waals surface area contributed by atoms with Gasteiger partial charge in [-0.05, 0) is 19.2 Å². The van der Waals surface area contributed by atoms with E-state index in [1.165, 1.54) is 0 Å². The maximum absolute atomic E-state index is 11.6. The highest BCUT2D eigenvalue weighted by Crippen LogP contribution is 2.17. The zero-order chi connectivity index (χ0) is 15.7. The van der Waals surface area contributed by atoms with Crippen molar-refractivity contribution in [3.63, 3.8) is 0 Å². The summed E-state index contributed by atoms with van der Waals surface area (Å²) in [4.78, 5) is 20.8. The largest absolute Gasteiger partial charge is 0.369 e. The molecule has 0 saturated carbocycles. The van der Waals surface area contributed by atoms with Crippen molar-refractivity contribution in [1.29, 1.82) is 0 Å². The molecule has 1 aromatic carbocycles. The van der Waals surface area contributed by atoms with Crippen LogP contribution in [0.4, 0.5) is 0 Å². The number of carbonyl (C=O) groups is 1. The second-order valence-electron chi connectivity index (χ2n) is 6.17. The third-order valence-electron chi connectivity index (χ3n) is 4.46. The van der Waals surface area contributed by atoms with E-state index in [1.807, 2.05) is 32.3 Å². The molecule has 0 radical (unpaired) electrons. The number of hydrogen-bond donors (Lipinski definition) is 1. The number of aromatic nitrogens is 2. The molecule has 1 fully saturated rings. The van der Waals surface area contributed by atoms with Crippen molar-refractivity contribution in [3.8, 4) is 0 Å². The van der Waals surface area contributed by atoms with Crippen LogP contribution in [-0.2, 0) is 18.4 Å². The second-order valence-corrected chi connectivity index (χ2v) is 6.17. The summed E-state index contributed by atoms with van der Waals surface area (Å²) in [6.45, 7) is 4.03. The lowest BCUT2D eigenvalue weighted by Gasteiger charge is -2.21. The van der Waals surface area contributed by atoms with Gasteiger partial charge in [0.1, 0.15) is 5.82 Å². The average Bonchev–Trinajstić information content (AvgIpc) is 2.67. The van der Waals surface area contributed by atoms with Crippen molar-refractivity contribution in [2.45, 2.75) is 6.54 Å². The molecule has 118 valence electrons. The number of benzene rings is 1. The Morgan fingerprint density at radius 3 is 2.77 bits per heavy atom. The van der Waals surface area contributed by atoms with Gasteiger partial charge in [-0.3, -0.25) is 9.69 Å². The molecule has 0 spiro atoms. The number of imidazole rings is 1. The maximum atomic E-state index is 11.6. The summed E-state index contributed by atoms with van der Waals surface area (Å²) >= 11 is 0. The minimum Gasteiger partial charge on any atom is -0.369 e. The monoisotopic (exact) mass is 301 g/mol. The lowest BCUT2D eigenvalue weighted by molar-refractivity contribution is -0.122. The summed E-state index contributed by atoms with van der Waals surface area (Å²) < 4.78 is 2.13. The summed E-state index contributed by atoms with van der Waals surface area (Å²) in [5.74, 6) is 0.680. The number of aryl methyl sites for hydroxylation is 1. The first-order valence-electron chi connectivity index (χ1n) is 7.65. The Kier molecular flexibility index (Phi) is 4.13. The summed E-state index contributed by atoms with van der Waals surface area (Å²) in [7, 11) is 4.08. The van der Waals surface area contributed by atoms with E-state index in [9.17, 15) is 4.79 Å². The molecular weight excluding hydrogens is 278 g/mol. The lowest BCUT2D eigenvalue weighted by atomic mass is 10.1. The van der Waals surface area contributed by atoms with Crippen molar-refractivity contribution < 1.29 is 4.79 Å². The van der Waals surface area contributed by atoms with Crippen molar-refractivity contribution in [1.82, 2.24) is 19.4 Å². The van der Waals surface area contributed by atoms with E-state index in [-0.39, 0.29) is 11.8 Å². The number of primary amides is 1. The van der Waals surface area contributed by atoms with Crippen molar-refractivity contribution in [2.75, 3.05) is 33.2 Å². The van der Waals surface area contributed by atoms with Crippen LogP contribution in [0.25, 0.3) is 11.0 Å². The quantitative estimate of drug-likeness (QED) is 0.892. The number of hydrogen-bond acceptors (Lipinski definition) is 4. The van der Waals surface area contributed by atoms with Crippen LogP contribution in [0.1, 0.15) is 5.82 Å². The number of fused-ring (bicyclic) bond motifs is 1. The van der Waals surface area contributed by atoms with E-state index in [0.717, 1.165) is 43.0 Å². The highest BCUT2D eigenvalue weighted by atomic mass is 16.1. The third-order valence-corrected chi connectivity index (χ3v) is 4.46. The van der Waals surface area contributed by atoms with E-state index in [4.69, 9.17) is 10.7 Å². The summed E-state index contributed by atoms with van der Waals surface area (Å²) in [6, 6.07) is 8.14. The standard InChI is InChI=1S/C16H23N5O/c1-19-7-8-21(10-12(9-19)16(17)22)11-15-18-13-5-3-4-6-14(13)20(15)2/h3-6,12H,7-11H2,1-2H3,(H2,17,22)/t12-/m1/s1. The Morgan fingerprint density at radius 2 is 2.05 bits per heavy atom. The number of para-hydroxylation sites is 2. The predicted molar refractivity (Wildman–Crippen MR) is 86.2 cm³/mol. The predicted octanol–water partition coefficient (Wildman–Crippen LogP) is 0.422. The van der Waals surface area contributed by atoms with Gasteiger partial charge in [0.2, 0.25) is 5.91 Å². The first-order valence-corrected chi connectivity index (χ1v) is 7.65. The van der Waals surface area contributed by atoms with Crippen molar-refractivity contribution in [2.24, 2.45) is 18.7 Å². The Balaban J connectivity index is 1.81. The van der Waals surface area contributed by atoms with Crippen LogP contribution in [0, 0.1) is 5.92 Å². The van der Waals surface area contributed by atoms with Gasteiger partial charge in [-0.25, -0.2) is 4.98 Å². The number of nitrogens with two attached hydrogens (primary N) is 1. The zero-order valence-electron chi connectivity index (χ0n) is 13.2. The molecule has 1 atom stereocenters. The second kappa shape index (κ2) is 6.06. The topological polar surface area (TPSA) is 67.4 Å². The molecule has 1 saturated heterocycles. The highest BCUT2D eigenvalue weighted by Gasteiger charge is 2.25. The molecule has 2 aromatic rings. The van der Waals surface area contributed by atoms with Crippen LogP contribution in [0.2, 0.25) is 0 Å². The molecule has 1 amide bonds. The van der Waals surface area contributed by atoms with Gasteiger partial charge in [0, 0.05) is 33.2 Å². The number of carbonyl (C=O) groups excluding carboxylic acids is 1. The summed E-state index contributed by atoms with van der Waals surface area (Å²) in [6.07, 6.45) is 0. The van der Waals surface area contributed by atoms with E-state index in [1.54, 1.807) is 0 Å². The van der Waals surface area contributed by atoms with Gasteiger partial charge in [0.25, 0.3) is 0 Å². The number of amides is 1. The van der Waals surface area contributed by atoms with Crippen LogP contribution in [0.5, 0.6) is 0 Å². The van der Waals surface area contributed by atoms with E-state index in [0.29, 0.717) is 6.54 Å². The average molecular weight is 301 g/mol. The molecule has 0 bridgehead atoms. The van der Waals surface area contributed by atoms with Gasteiger partial charge in [-0.1, -0.05) is 12.1 Å². The van der Waals surface area contributed by atoms with Crippen LogP contribution >= 0.6 is 0 Å². The SMILES string of the molecule is CN1CCN(Cc2nc3ccccc3n2C)C[C@H](C(N)=O)C1. The van der Waals surface area contributed by atoms with Gasteiger partial charge in [0.05, 0.1) is 23.5 Å². The van der Waals surface area contributed by atoms with Crippen molar-refractivity contribution >= 4 is 16.9 Å². The van der Waals surface area contributed by atoms with Gasteiger partial charge in [-0.2, -0.15) is 0 Å². The fraction of sp³-hybridized carbons (Fsp3) is 0.500. The van der Waals surface area contributed by atoms with Gasteiger partial charge >= 0.3 is 0 Å². The van der Waals surface area contributed by atoms with E-state index in [2.05, 4.69) is 20.4 Å².